The number of carbonyl (C=O) groups is 3. The highest BCUT2D eigenvalue weighted by atomic mass is 16.7. The first-order valence-electron chi connectivity index (χ1n) is 4.55. The van der Waals surface area contributed by atoms with E-state index in [1.165, 1.54) is 32.0 Å². The molecule has 2 N–H and O–H groups in total. The molecule has 16 heavy (non-hydrogen) atoms. The van der Waals surface area contributed by atoms with Crippen LogP contribution >= 0.6 is 0 Å². The van der Waals surface area contributed by atoms with E-state index < -0.39 is 5.97 Å². The molecule has 0 saturated heterocycles. The average molecular weight is 221 g/mol. The van der Waals surface area contributed by atoms with Gasteiger partial charge < -0.3 is 4.84 Å². The molecule has 0 unspecified atom stereocenters. The molecule has 0 aromatic heterocycles. The maximum absolute atomic E-state index is 11.4. The van der Waals surface area contributed by atoms with Crippen molar-refractivity contribution in [2.45, 2.75) is 13.8 Å². The molecule has 5 nitrogen and oxygen atoms in total. The molecule has 0 aliphatic rings. The van der Waals surface area contributed by atoms with Crippen LogP contribution in [0.3, 0.4) is 0 Å². The third-order valence-electron chi connectivity index (χ3n) is 2.12. The summed E-state index contributed by atoms with van der Waals surface area (Å²) in [6.07, 6.45) is 0. The number of benzene rings is 1. The lowest BCUT2D eigenvalue weighted by molar-refractivity contribution is 0.0500. The van der Waals surface area contributed by atoms with Gasteiger partial charge in [-0.15, -0.1) is 0 Å². The highest BCUT2D eigenvalue weighted by Gasteiger charge is 2.20. The molecule has 0 radical (unpaired) electrons. The summed E-state index contributed by atoms with van der Waals surface area (Å²) in [4.78, 5) is 38.1. The van der Waals surface area contributed by atoms with E-state index >= 15 is 0 Å². The fourth-order valence-electron chi connectivity index (χ4n) is 1.46. The number of Topliss-reactive ketones (excluding diaryl/α,β-unsaturated/α-hetero) is 2. The summed E-state index contributed by atoms with van der Waals surface area (Å²) in [5.74, 6) is 3.24. The molecular formula is C11H11NO4. The van der Waals surface area contributed by atoms with Gasteiger partial charge in [-0.05, 0) is 19.9 Å². The Balaban J connectivity index is 3.51. The fourth-order valence-corrected chi connectivity index (χ4v) is 1.46. The molecule has 1 aromatic rings. The zero-order valence-electron chi connectivity index (χ0n) is 8.94. The Morgan fingerprint density at radius 3 is 2.06 bits per heavy atom. The zero-order valence-corrected chi connectivity index (χ0v) is 8.94. The van der Waals surface area contributed by atoms with E-state index in [-0.39, 0.29) is 28.3 Å². The Bertz CT molecular complexity index is 465. The Labute approximate surface area is 92.1 Å². The fraction of sp³-hybridized carbons (Fsp3) is 0.182. The van der Waals surface area contributed by atoms with Gasteiger partial charge in [-0.2, -0.15) is 5.90 Å². The summed E-state index contributed by atoms with van der Waals surface area (Å²) in [6.45, 7) is 2.59. The largest absolute Gasteiger partial charge is 0.370 e. The summed E-state index contributed by atoms with van der Waals surface area (Å²) in [6, 6.07) is 4.36. The number of carbonyl (C=O) groups excluding carboxylic acids is 3. The van der Waals surface area contributed by atoms with Crippen LogP contribution in [0.1, 0.15) is 44.9 Å². The van der Waals surface area contributed by atoms with Gasteiger partial charge >= 0.3 is 5.97 Å². The van der Waals surface area contributed by atoms with Crippen molar-refractivity contribution in [3.8, 4) is 0 Å². The van der Waals surface area contributed by atoms with E-state index in [1.807, 2.05) is 0 Å². The molecule has 84 valence electrons. The van der Waals surface area contributed by atoms with E-state index in [4.69, 9.17) is 5.90 Å². The summed E-state index contributed by atoms with van der Waals surface area (Å²) >= 11 is 0. The van der Waals surface area contributed by atoms with Gasteiger partial charge in [0.2, 0.25) is 0 Å². The molecule has 0 spiro atoms. The minimum Gasteiger partial charge on any atom is -0.370 e. The van der Waals surface area contributed by atoms with Crippen molar-refractivity contribution in [1.82, 2.24) is 0 Å². The van der Waals surface area contributed by atoms with Crippen LogP contribution in [0.5, 0.6) is 0 Å². The quantitative estimate of drug-likeness (QED) is 0.610. The number of rotatable bonds is 3. The summed E-state index contributed by atoms with van der Waals surface area (Å²) in [5, 5.41) is 0. The van der Waals surface area contributed by atoms with Crippen molar-refractivity contribution in [1.29, 1.82) is 0 Å². The maximum Gasteiger partial charge on any atom is 0.357 e. The van der Waals surface area contributed by atoms with E-state index in [1.54, 1.807) is 0 Å². The lowest BCUT2D eigenvalue weighted by Gasteiger charge is -2.08. The second kappa shape index (κ2) is 4.67. The number of nitrogens with two attached hydrogens (primary N) is 1. The smallest absolute Gasteiger partial charge is 0.357 e. The SMILES string of the molecule is CC(=O)c1cccc(C(=O)ON)c1C(C)=O. The van der Waals surface area contributed by atoms with Crippen LogP contribution in [0.15, 0.2) is 18.2 Å². The first-order valence-corrected chi connectivity index (χ1v) is 4.55. The summed E-state index contributed by atoms with van der Waals surface area (Å²) < 4.78 is 0. The van der Waals surface area contributed by atoms with Crippen molar-refractivity contribution < 1.29 is 19.2 Å². The van der Waals surface area contributed by atoms with Crippen molar-refractivity contribution in [3.05, 3.63) is 34.9 Å². The van der Waals surface area contributed by atoms with Crippen molar-refractivity contribution >= 4 is 17.5 Å². The summed E-state index contributed by atoms with van der Waals surface area (Å²) in [5.41, 5.74) is 0.239. The molecule has 0 amide bonds. The van der Waals surface area contributed by atoms with Crippen LogP contribution in [0, 0.1) is 0 Å². The van der Waals surface area contributed by atoms with Gasteiger partial charge in [-0.25, -0.2) is 4.79 Å². The molecule has 0 fully saturated rings. The van der Waals surface area contributed by atoms with Crippen LogP contribution < -0.4 is 5.90 Å². The zero-order chi connectivity index (χ0) is 12.3. The standard InChI is InChI=1S/C11H11NO4/c1-6(13)8-4-3-5-9(11(15)16-12)10(8)7(2)14/h3-5H,12H2,1-2H3. The molecule has 0 bridgehead atoms. The second-order valence-electron chi connectivity index (χ2n) is 3.25. The highest BCUT2D eigenvalue weighted by Crippen LogP contribution is 2.17. The van der Waals surface area contributed by atoms with Gasteiger partial charge in [-0.1, -0.05) is 12.1 Å². The average Bonchev–Trinajstić information content (AvgIpc) is 2.26. The van der Waals surface area contributed by atoms with Gasteiger partial charge in [0.25, 0.3) is 0 Å². The predicted molar refractivity (Wildman–Crippen MR) is 56.1 cm³/mol. The monoisotopic (exact) mass is 221 g/mol. The molecule has 5 heteroatoms. The van der Waals surface area contributed by atoms with E-state index in [9.17, 15) is 14.4 Å². The molecule has 0 atom stereocenters. The molecule has 0 aliphatic heterocycles. The molecule has 0 heterocycles. The molecule has 1 aromatic carbocycles. The topological polar surface area (TPSA) is 86.5 Å². The van der Waals surface area contributed by atoms with Gasteiger partial charge in [0.15, 0.2) is 11.6 Å². The number of hydrogen-bond donors (Lipinski definition) is 1. The van der Waals surface area contributed by atoms with E-state index in [0.717, 1.165) is 0 Å². The van der Waals surface area contributed by atoms with Crippen molar-refractivity contribution in [3.63, 3.8) is 0 Å². The van der Waals surface area contributed by atoms with Crippen LogP contribution in [-0.2, 0) is 4.84 Å². The van der Waals surface area contributed by atoms with Gasteiger partial charge in [0.1, 0.15) is 0 Å². The van der Waals surface area contributed by atoms with Gasteiger partial charge in [0, 0.05) is 11.1 Å². The Morgan fingerprint density at radius 1 is 1.06 bits per heavy atom. The Morgan fingerprint density at radius 2 is 1.62 bits per heavy atom. The summed E-state index contributed by atoms with van der Waals surface area (Å²) in [7, 11) is 0. The first kappa shape index (κ1) is 12.1. The minimum absolute atomic E-state index is 0.00250. The molecule has 1 rings (SSSR count). The molecule has 0 aliphatic carbocycles. The van der Waals surface area contributed by atoms with Gasteiger partial charge in [-0.3, -0.25) is 9.59 Å². The maximum atomic E-state index is 11.4. The number of ketones is 2. The van der Waals surface area contributed by atoms with Crippen LogP contribution in [-0.4, -0.2) is 17.5 Å². The Hall–Kier alpha value is -2.01. The Kier molecular flexibility index (Phi) is 3.52. The van der Waals surface area contributed by atoms with Gasteiger partial charge in [0.05, 0.1) is 5.56 Å². The minimum atomic E-state index is -0.840. The van der Waals surface area contributed by atoms with Crippen molar-refractivity contribution in [2.75, 3.05) is 0 Å². The second-order valence-corrected chi connectivity index (χ2v) is 3.25. The third kappa shape index (κ3) is 2.14. The van der Waals surface area contributed by atoms with E-state index in [0.29, 0.717) is 0 Å². The van der Waals surface area contributed by atoms with Crippen LogP contribution in [0.25, 0.3) is 0 Å². The third-order valence-corrected chi connectivity index (χ3v) is 2.12. The lowest BCUT2D eigenvalue weighted by Crippen LogP contribution is -2.16. The van der Waals surface area contributed by atoms with Crippen molar-refractivity contribution in [2.24, 2.45) is 5.90 Å². The first-order chi connectivity index (χ1) is 7.49. The predicted octanol–water partition coefficient (Wildman–Crippen LogP) is 1.12. The number of hydrogen-bond acceptors (Lipinski definition) is 5. The van der Waals surface area contributed by atoms with E-state index in [2.05, 4.69) is 4.84 Å². The lowest BCUT2D eigenvalue weighted by atomic mass is 9.96. The van der Waals surface area contributed by atoms with Crippen LogP contribution in [0.2, 0.25) is 0 Å². The molecule has 0 saturated carbocycles. The van der Waals surface area contributed by atoms with Crippen LogP contribution in [0.4, 0.5) is 0 Å². The normalized spacial score (nSPS) is 9.69. The molecular weight excluding hydrogens is 210 g/mol. The highest BCUT2D eigenvalue weighted by molar-refractivity contribution is 6.13.